The van der Waals surface area contributed by atoms with Crippen LogP contribution in [-0.2, 0) is 0 Å². The molecule has 3 nitrogen and oxygen atoms in total. The summed E-state index contributed by atoms with van der Waals surface area (Å²) in [6.45, 7) is 0. The molecule has 0 fully saturated rings. The van der Waals surface area contributed by atoms with E-state index in [4.69, 9.17) is 0 Å². The second-order valence-corrected chi connectivity index (χ2v) is 0.815. The van der Waals surface area contributed by atoms with Gasteiger partial charge in [0.05, 0.1) is 0 Å². The molecule has 36 valence electrons. The van der Waals surface area contributed by atoms with Crippen molar-refractivity contribution in [3.63, 3.8) is 0 Å². The Morgan fingerprint density at radius 3 is 2.17 bits per heavy atom. The predicted molar refractivity (Wildman–Crippen MR) is 18.5 cm³/mol. The van der Waals surface area contributed by atoms with Crippen LogP contribution in [0.5, 0.6) is 0 Å². The van der Waals surface area contributed by atoms with Crippen LogP contribution in [0.4, 0.5) is 9.28 Å². The van der Waals surface area contributed by atoms with E-state index in [-0.39, 0.29) is 5.12 Å². The lowest BCUT2D eigenvalue weighted by Gasteiger charge is -1.94. The molecular formula is C2H5FN2O. The lowest BCUT2D eigenvalue weighted by molar-refractivity contribution is 0.101. The van der Waals surface area contributed by atoms with Crippen LogP contribution in [0.15, 0.2) is 0 Å². The van der Waals surface area contributed by atoms with Crippen molar-refractivity contribution in [2.45, 2.75) is 0 Å². The molecule has 0 radical (unpaired) electrons. The molecule has 6 heavy (non-hydrogen) atoms. The molecule has 4 heteroatoms. The zero-order chi connectivity index (χ0) is 5.15. The van der Waals surface area contributed by atoms with Crippen LogP contribution in [0.2, 0.25) is 0 Å². The fourth-order valence-electron chi connectivity index (χ4n) is 0. The minimum absolute atomic E-state index is 0.194. The van der Waals surface area contributed by atoms with Gasteiger partial charge in [0.25, 0.3) is 0 Å². The first kappa shape index (κ1) is 5.20. The van der Waals surface area contributed by atoms with Crippen LogP contribution in [0, 0.1) is 0 Å². The first-order chi connectivity index (χ1) is 2.64. The maximum atomic E-state index is 11.2. The summed E-state index contributed by atoms with van der Waals surface area (Å²) in [5.41, 5.74) is 4.35. The van der Waals surface area contributed by atoms with E-state index in [2.05, 4.69) is 5.73 Å². The third-order valence-corrected chi connectivity index (χ3v) is 0.304. The Morgan fingerprint density at radius 1 is 2.00 bits per heavy atom. The van der Waals surface area contributed by atoms with Crippen molar-refractivity contribution >= 4 is 6.03 Å². The van der Waals surface area contributed by atoms with Gasteiger partial charge in [-0.1, -0.05) is 4.48 Å². The molecule has 0 aliphatic heterocycles. The van der Waals surface area contributed by atoms with Crippen LogP contribution in [-0.4, -0.2) is 18.2 Å². The lowest BCUT2D eigenvalue weighted by atomic mass is 11.0. The Labute approximate surface area is 34.5 Å². The summed E-state index contributed by atoms with van der Waals surface area (Å²) in [6.07, 6.45) is 0. The molecule has 0 aliphatic carbocycles. The molecule has 0 aromatic rings. The van der Waals surface area contributed by atoms with Gasteiger partial charge in [0.1, 0.15) is 0 Å². The molecule has 0 bridgehead atoms. The van der Waals surface area contributed by atoms with E-state index < -0.39 is 6.03 Å². The molecule has 0 atom stereocenters. The standard InChI is InChI=1S/C2H5FN2O/c1-5(3)2(4)6/h1H3,(H2,4,6). The smallest absolute Gasteiger partial charge is 0.342 e. The Morgan fingerprint density at radius 2 is 2.17 bits per heavy atom. The molecule has 2 amide bonds. The average Bonchev–Trinajstić information content (AvgIpc) is 1.36. The molecule has 0 aromatic carbocycles. The van der Waals surface area contributed by atoms with E-state index in [1.54, 1.807) is 0 Å². The normalized spacial score (nSPS) is 7.67. The van der Waals surface area contributed by atoms with Crippen molar-refractivity contribution in [2.24, 2.45) is 5.73 Å². The third kappa shape index (κ3) is 1.51. The summed E-state index contributed by atoms with van der Waals surface area (Å²) in [6, 6.07) is -1.07. The number of nitrogens with zero attached hydrogens (tertiary/aromatic N) is 1. The molecule has 0 aromatic heterocycles. The number of hydrogen-bond acceptors (Lipinski definition) is 1. The number of halogens is 1. The van der Waals surface area contributed by atoms with Crippen LogP contribution in [0.1, 0.15) is 0 Å². The monoisotopic (exact) mass is 92.0 g/mol. The van der Waals surface area contributed by atoms with Gasteiger partial charge in [-0.15, -0.1) is 0 Å². The quantitative estimate of drug-likeness (QED) is 0.416. The number of nitrogens with two attached hydrogens (primary N) is 1. The highest BCUT2D eigenvalue weighted by Crippen LogP contribution is 1.75. The van der Waals surface area contributed by atoms with Gasteiger partial charge in [-0.2, -0.15) is 5.12 Å². The number of primary amides is 1. The maximum absolute atomic E-state index is 11.2. The van der Waals surface area contributed by atoms with Gasteiger partial charge < -0.3 is 5.73 Å². The zero-order valence-corrected chi connectivity index (χ0v) is 3.31. The highest BCUT2D eigenvalue weighted by atomic mass is 19.2. The number of rotatable bonds is 0. The number of carbonyl (C=O) groups is 1. The summed E-state index contributed by atoms with van der Waals surface area (Å²) in [7, 11) is 0.933. The number of carbonyl (C=O) groups excluding carboxylic acids is 1. The molecule has 0 heterocycles. The largest absolute Gasteiger partial charge is 0.350 e. The van der Waals surface area contributed by atoms with Crippen molar-refractivity contribution in [1.82, 2.24) is 5.12 Å². The fourth-order valence-corrected chi connectivity index (χ4v) is 0. The molecule has 2 N–H and O–H groups in total. The molecule has 0 saturated heterocycles. The van der Waals surface area contributed by atoms with Crippen LogP contribution >= 0.6 is 0 Å². The van der Waals surface area contributed by atoms with Gasteiger partial charge in [0.2, 0.25) is 0 Å². The molecule has 0 aliphatic rings. The van der Waals surface area contributed by atoms with Crippen molar-refractivity contribution in [3.05, 3.63) is 0 Å². The van der Waals surface area contributed by atoms with E-state index >= 15 is 0 Å². The van der Waals surface area contributed by atoms with Crippen molar-refractivity contribution < 1.29 is 9.28 Å². The summed E-state index contributed by atoms with van der Waals surface area (Å²) < 4.78 is 11.2. The lowest BCUT2D eigenvalue weighted by Crippen LogP contribution is -2.24. The SMILES string of the molecule is CN(F)C(N)=O. The van der Waals surface area contributed by atoms with E-state index in [1.165, 1.54) is 0 Å². The highest BCUT2D eigenvalue weighted by molar-refractivity contribution is 5.70. The van der Waals surface area contributed by atoms with Gasteiger partial charge in [-0.25, -0.2) is 4.79 Å². The Hall–Kier alpha value is -0.800. The molecule has 0 spiro atoms. The maximum Gasteiger partial charge on any atom is 0.342 e. The van der Waals surface area contributed by atoms with Gasteiger partial charge in [-0.05, 0) is 0 Å². The van der Waals surface area contributed by atoms with Crippen molar-refractivity contribution in [1.29, 1.82) is 0 Å². The number of hydrogen-bond donors (Lipinski definition) is 1. The van der Waals surface area contributed by atoms with Gasteiger partial charge in [-0.3, -0.25) is 0 Å². The van der Waals surface area contributed by atoms with E-state index in [0.717, 1.165) is 7.05 Å². The van der Waals surface area contributed by atoms with Crippen LogP contribution in [0.25, 0.3) is 0 Å². The predicted octanol–water partition coefficient (Wildman–Crippen LogP) is -0.119. The molecule has 0 rings (SSSR count). The van der Waals surface area contributed by atoms with Gasteiger partial charge in [0.15, 0.2) is 0 Å². The summed E-state index contributed by atoms with van der Waals surface area (Å²) in [5.74, 6) is 0. The summed E-state index contributed by atoms with van der Waals surface area (Å²) in [5, 5.41) is -0.194. The molecule has 0 saturated carbocycles. The Kier molecular flexibility index (Phi) is 1.38. The van der Waals surface area contributed by atoms with Crippen molar-refractivity contribution in [2.75, 3.05) is 7.05 Å². The van der Waals surface area contributed by atoms with E-state index in [0.29, 0.717) is 0 Å². The van der Waals surface area contributed by atoms with Gasteiger partial charge in [0, 0.05) is 7.05 Å². The Bertz CT molecular complexity index is 62.6. The topological polar surface area (TPSA) is 46.3 Å². The fraction of sp³-hybridized carbons (Fsp3) is 0.500. The first-order valence-corrected chi connectivity index (χ1v) is 1.33. The van der Waals surface area contributed by atoms with Crippen molar-refractivity contribution in [3.8, 4) is 0 Å². The zero-order valence-electron chi connectivity index (χ0n) is 3.31. The second-order valence-electron chi connectivity index (χ2n) is 0.815. The minimum atomic E-state index is -1.07. The average molecular weight is 92.1 g/mol. The van der Waals surface area contributed by atoms with E-state index in [9.17, 15) is 9.28 Å². The number of urea groups is 1. The number of amides is 2. The highest BCUT2D eigenvalue weighted by Gasteiger charge is 1.94. The second kappa shape index (κ2) is 1.59. The first-order valence-electron chi connectivity index (χ1n) is 1.33. The third-order valence-electron chi connectivity index (χ3n) is 0.304. The Balaban J connectivity index is 3.26. The summed E-state index contributed by atoms with van der Waals surface area (Å²) >= 11 is 0. The minimum Gasteiger partial charge on any atom is -0.350 e. The van der Waals surface area contributed by atoms with Crippen LogP contribution in [0.3, 0.4) is 0 Å². The molecule has 0 unspecified atom stereocenters. The molecular weight excluding hydrogens is 87.0 g/mol. The van der Waals surface area contributed by atoms with Crippen LogP contribution < -0.4 is 5.73 Å². The summed E-state index contributed by atoms with van der Waals surface area (Å²) in [4.78, 5) is 9.47. The van der Waals surface area contributed by atoms with Gasteiger partial charge >= 0.3 is 6.03 Å². The van der Waals surface area contributed by atoms with E-state index in [1.807, 2.05) is 0 Å².